The van der Waals surface area contributed by atoms with Gasteiger partial charge in [0.15, 0.2) is 0 Å². The fourth-order valence-corrected chi connectivity index (χ4v) is 2.42. The number of likely N-dealkylation sites (N-methyl/N-ethyl adjacent to an activating group) is 1. The van der Waals surface area contributed by atoms with E-state index in [0.717, 1.165) is 31.9 Å². The first-order valence-corrected chi connectivity index (χ1v) is 6.67. The number of nitrogens with zero attached hydrogens (tertiary/aromatic N) is 1. The van der Waals surface area contributed by atoms with Gasteiger partial charge in [0, 0.05) is 19.5 Å². The van der Waals surface area contributed by atoms with Gasteiger partial charge in [-0.25, -0.2) is 0 Å². The average molecular weight is 249 g/mol. The molecule has 1 N–H and O–H groups in total. The summed E-state index contributed by atoms with van der Waals surface area (Å²) in [5.74, 6) is 1.03. The highest BCUT2D eigenvalue weighted by molar-refractivity contribution is 5.39. The molecule has 0 saturated carbocycles. The van der Waals surface area contributed by atoms with Gasteiger partial charge in [-0.3, -0.25) is 4.90 Å². The van der Waals surface area contributed by atoms with Crippen LogP contribution in [0.5, 0.6) is 5.75 Å². The zero-order valence-electron chi connectivity index (χ0n) is 11.6. The summed E-state index contributed by atoms with van der Waals surface area (Å²) < 4.78 is 5.51. The number of fused-ring (bicyclic) bond motifs is 1. The van der Waals surface area contributed by atoms with Crippen molar-refractivity contribution < 1.29 is 9.84 Å². The maximum atomic E-state index is 9.89. The zero-order valence-corrected chi connectivity index (χ0v) is 11.6. The second-order valence-corrected chi connectivity index (χ2v) is 5.66. The van der Waals surface area contributed by atoms with E-state index in [-0.39, 0.29) is 0 Å². The molecule has 1 heterocycles. The highest BCUT2D eigenvalue weighted by atomic mass is 16.5. The first-order chi connectivity index (χ1) is 8.48. The Balaban J connectivity index is 2.03. The van der Waals surface area contributed by atoms with Crippen molar-refractivity contribution in [1.29, 1.82) is 0 Å². The van der Waals surface area contributed by atoms with Crippen LogP contribution in [0.15, 0.2) is 18.2 Å². The zero-order chi connectivity index (χ0) is 13.2. The van der Waals surface area contributed by atoms with Gasteiger partial charge in [-0.2, -0.15) is 0 Å². The topological polar surface area (TPSA) is 32.7 Å². The van der Waals surface area contributed by atoms with Crippen molar-refractivity contribution >= 4 is 0 Å². The van der Waals surface area contributed by atoms with Crippen LogP contribution in [0, 0.1) is 0 Å². The molecule has 18 heavy (non-hydrogen) atoms. The summed E-state index contributed by atoms with van der Waals surface area (Å²) in [6.07, 6.45) is 1.01. The van der Waals surface area contributed by atoms with E-state index in [1.165, 1.54) is 11.1 Å². The van der Waals surface area contributed by atoms with Crippen molar-refractivity contribution in [2.24, 2.45) is 0 Å². The van der Waals surface area contributed by atoms with Crippen molar-refractivity contribution in [3.63, 3.8) is 0 Å². The third kappa shape index (κ3) is 3.47. The van der Waals surface area contributed by atoms with Crippen LogP contribution in [0.25, 0.3) is 0 Å². The Hall–Kier alpha value is -1.06. The molecule has 0 radical (unpaired) electrons. The van der Waals surface area contributed by atoms with Crippen LogP contribution in [0.3, 0.4) is 0 Å². The van der Waals surface area contributed by atoms with Crippen molar-refractivity contribution in [1.82, 2.24) is 4.90 Å². The second-order valence-electron chi connectivity index (χ2n) is 5.66. The summed E-state index contributed by atoms with van der Waals surface area (Å²) in [6.45, 7) is 9.16. The molecule has 0 aliphatic carbocycles. The van der Waals surface area contributed by atoms with Gasteiger partial charge in [-0.1, -0.05) is 19.1 Å². The highest BCUT2D eigenvalue weighted by Gasteiger charge is 2.18. The minimum absolute atomic E-state index is 0.643. The molecule has 1 aliphatic rings. The molecular weight excluding hydrogens is 226 g/mol. The fourth-order valence-electron chi connectivity index (χ4n) is 2.42. The molecule has 3 heteroatoms. The van der Waals surface area contributed by atoms with Crippen LogP contribution in [-0.2, 0) is 13.0 Å². The first-order valence-electron chi connectivity index (χ1n) is 6.67. The molecule has 1 aromatic carbocycles. The van der Waals surface area contributed by atoms with Crippen LogP contribution in [-0.4, -0.2) is 35.3 Å². The number of hydrogen-bond acceptors (Lipinski definition) is 3. The molecular formula is C15H23NO2. The van der Waals surface area contributed by atoms with Gasteiger partial charge >= 0.3 is 0 Å². The van der Waals surface area contributed by atoms with Crippen LogP contribution in [0.2, 0.25) is 0 Å². The van der Waals surface area contributed by atoms with Crippen LogP contribution < -0.4 is 4.74 Å². The summed E-state index contributed by atoms with van der Waals surface area (Å²) in [6, 6.07) is 6.42. The van der Waals surface area contributed by atoms with Crippen molar-refractivity contribution in [2.75, 3.05) is 19.7 Å². The maximum Gasteiger partial charge on any atom is 0.122 e. The molecule has 1 aromatic rings. The number of benzene rings is 1. The highest BCUT2D eigenvalue weighted by Crippen LogP contribution is 2.26. The quantitative estimate of drug-likeness (QED) is 0.868. The van der Waals surface area contributed by atoms with E-state index in [4.69, 9.17) is 4.74 Å². The van der Waals surface area contributed by atoms with E-state index in [9.17, 15) is 5.11 Å². The lowest BCUT2D eigenvalue weighted by Crippen LogP contribution is -2.38. The van der Waals surface area contributed by atoms with Crippen molar-refractivity contribution in [3.8, 4) is 5.75 Å². The maximum absolute atomic E-state index is 9.89. The third-order valence-electron chi connectivity index (χ3n) is 3.22. The summed E-state index contributed by atoms with van der Waals surface area (Å²) in [7, 11) is 0. The molecule has 3 nitrogen and oxygen atoms in total. The van der Waals surface area contributed by atoms with Gasteiger partial charge in [0.2, 0.25) is 0 Å². The van der Waals surface area contributed by atoms with E-state index < -0.39 is 5.60 Å². The minimum Gasteiger partial charge on any atom is -0.493 e. The van der Waals surface area contributed by atoms with E-state index in [0.29, 0.717) is 6.54 Å². The van der Waals surface area contributed by atoms with Gasteiger partial charge in [0.1, 0.15) is 5.75 Å². The van der Waals surface area contributed by atoms with Crippen LogP contribution in [0.1, 0.15) is 31.9 Å². The van der Waals surface area contributed by atoms with Crippen LogP contribution in [0.4, 0.5) is 0 Å². The molecule has 0 fully saturated rings. The third-order valence-corrected chi connectivity index (χ3v) is 3.22. The molecule has 0 bridgehead atoms. The molecule has 0 atom stereocenters. The Morgan fingerprint density at radius 3 is 2.83 bits per heavy atom. The fraction of sp³-hybridized carbons (Fsp3) is 0.600. The molecule has 2 rings (SSSR count). The summed E-state index contributed by atoms with van der Waals surface area (Å²) >= 11 is 0. The Kier molecular flexibility index (Phi) is 3.93. The van der Waals surface area contributed by atoms with Crippen LogP contribution >= 0.6 is 0 Å². The minimum atomic E-state index is -0.643. The Bertz CT molecular complexity index is 409. The number of ether oxygens (including phenoxy) is 1. The van der Waals surface area contributed by atoms with E-state index in [2.05, 4.69) is 30.0 Å². The molecule has 0 unspecified atom stereocenters. The predicted octanol–water partition coefficient (Wildman–Crippen LogP) is 2.21. The van der Waals surface area contributed by atoms with E-state index in [1.54, 1.807) is 0 Å². The molecule has 0 saturated heterocycles. The molecule has 0 amide bonds. The van der Waals surface area contributed by atoms with Gasteiger partial charge in [-0.05, 0) is 37.6 Å². The summed E-state index contributed by atoms with van der Waals surface area (Å²) in [4.78, 5) is 2.26. The van der Waals surface area contributed by atoms with Crippen molar-refractivity contribution in [2.45, 2.75) is 39.3 Å². The lowest BCUT2D eigenvalue weighted by Gasteiger charge is -2.28. The van der Waals surface area contributed by atoms with Gasteiger partial charge < -0.3 is 9.84 Å². The summed E-state index contributed by atoms with van der Waals surface area (Å²) in [5.41, 5.74) is 1.97. The van der Waals surface area contributed by atoms with E-state index in [1.807, 2.05) is 13.8 Å². The largest absolute Gasteiger partial charge is 0.493 e. The number of rotatable bonds is 5. The average Bonchev–Trinajstić information content (AvgIpc) is 2.73. The van der Waals surface area contributed by atoms with Gasteiger partial charge in [-0.15, -0.1) is 0 Å². The smallest absolute Gasteiger partial charge is 0.122 e. The SMILES string of the molecule is CCN(Cc1ccc2c(c1)CCO2)CC(C)(C)O. The van der Waals surface area contributed by atoms with E-state index >= 15 is 0 Å². The second kappa shape index (κ2) is 5.29. The Morgan fingerprint density at radius 2 is 2.17 bits per heavy atom. The van der Waals surface area contributed by atoms with Gasteiger partial charge in [0.25, 0.3) is 0 Å². The Morgan fingerprint density at radius 1 is 1.39 bits per heavy atom. The lowest BCUT2D eigenvalue weighted by atomic mass is 10.1. The molecule has 0 spiro atoms. The summed E-state index contributed by atoms with van der Waals surface area (Å²) in [5, 5.41) is 9.89. The number of aliphatic hydroxyl groups is 1. The van der Waals surface area contributed by atoms with Gasteiger partial charge in [0.05, 0.1) is 12.2 Å². The monoisotopic (exact) mass is 249 g/mol. The standard InChI is InChI=1S/C15H23NO2/c1-4-16(11-15(2,3)17)10-12-5-6-14-13(9-12)7-8-18-14/h5-6,9,17H,4,7-8,10-11H2,1-3H3. The predicted molar refractivity (Wildman–Crippen MR) is 72.9 cm³/mol. The molecule has 1 aliphatic heterocycles. The molecule has 0 aromatic heterocycles. The first kappa shape index (κ1) is 13.4. The molecule has 100 valence electrons. The Labute approximate surface area is 109 Å². The normalized spacial score (nSPS) is 14.7. The van der Waals surface area contributed by atoms with Crippen molar-refractivity contribution in [3.05, 3.63) is 29.3 Å². The lowest BCUT2D eigenvalue weighted by molar-refractivity contribution is 0.0353. The number of hydrogen-bond donors (Lipinski definition) is 1.